The Bertz CT molecular complexity index is 427. The third-order valence-electron chi connectivity index (χ3n) is 1.81. The van der Waals surface area contributed by atoms with Gasteiger partial charge in [0.05, 0.1) is 0 Å². The SMILES string of the molecule is Nc1[c]ccc(Nc2cccc(Cl)c2)n1. The van der Waals surface area contributed by atoms with Crippen molar-refractivity contribution in [1.82, 2.24) is 4.98 Å². The smallest absolute Gasteiger partial charge is 0.133 e. The van der Waals surface area contributed by atoms with Crippen molar-refractivity contribution in [3.63, 3.8) is 0 Å². The number of rotatable bonds is 2. The first-order chi connectivity index (χ1) is 7.24. The monoisotopic (exact) mass is 218 g/mol. The van der Waals surface area contributed by atoms with Gasteiger partial charge in [0, 0.05) is 16.8 Å². The van der Waals surface area contributed by atoms with Gasteiger partial charge in [0.15, 0.2) is 0 Å². The lowest BCUT2D eigenvalue weighted by molar-refractivity contribution is 1.31. The molecule has 1 aromatic carbocycles. The summed E-state index contributed by atoms with van der Waals surface area (Å²) in [6, 6.07) is 13.7. The highest BCUT2D eigenvalue weighted by atomic mass is 35.5. The van der Waals surface area contributed by atoms with Crippen molar-refractivity contribution < 1.29 is 0 Å². The van der Waals surface area contributed by atoms with Crippen LogP contribution in [-0.2, 0) is 0 Å². The van der Waals surface area contributed by atoms with Gasteiger partial charge in [-0.1, -0.05) is 17.7 Å². The van der Waals surface area contributed by atoms with E-state index in [0.717, 1.165) is 5.69 Å². The zero-order valence-electron chi connectivity index (χ0n) is 7.87. The Hall–Kier alpha value is -1.74. The Morgan fingerprint density at radius 1 is 1.33 bits per heavy atom. The first kappa shape index (κ1) is 9.80. The van der Waals surface area contributed by atoms with Crippen LogP contribution in [0.1, 0.15) is 0 Å². The minimum atomic E-state index is 0.363. The maximum atomic E-state index is 5.85. The van der Waals surface area contributed by atoms with E-state index in [0.29, 0.717) is 16.7 Å². The Balaban J connectivity index is 2.22. The number of benzene rings is 1. The zero-order chi connectivity index (χ0) is 10.7. The molecule has 1 radical (unpaired) electrons. The fraction of sp³-hybridized carbons (Fsp3) is 0. The second-order valence-corrected chi connectivity index (χ2v) is 3.43. The quantitative estimate of drug-likeness (QED) is 0.815. The summed E-state index contributed by atoms with van der Waals surface area (Å²) in [6.45, 7) is 0. The van der Waals surface area contributed by atoms with E-state index in [2.05, 4.69) is 16.4 Å². The topological polar surface area (TPSA) is 50.9 Å². The van der Waals surface area contributed by atoms with Gasteiger partial charge in [0.1, 0.15) is 11.6 Å². The van der Waals surface area contributed by atoms with Crippen molar-refractivity contribution >= 4 is 28.9 Å². The summed E-state index contributed by atoms with van der Waals surface area (Å²) >= 11 is 5.85. The maximum absolute atomic E-state index is 5.85. The van der Waals surface area contributed by atoms with Crippen molar-refractivity contribution in [2.24, 2.45) is 0 Å². The van der Waals surface area contributed by atoms with Crippen LogP contribution in [0, 0.1) is 6.07 Å². The fourth-order valence-corrected chi connectivity index (χ4v) is 1.38. The molecular formula is C11H9ClN3. The molecule has 3 nitrogen and oxygen atoms in total. The zero-order valence-corrected chi connectivity index (χ0v) is 8.62. The van der Waals surface area contributed by atoms with Gasteiger partial charge in [-0.15, -0.1) is 0 Å². The maximum Gasteiger partial charge on any atom is 0.133 e. The molecule has 0 aliphatic rings. The van der Waals surface area contributed by atoms with Gasteiger partial charge in [-0.25, -0.2) is 4.98 Å². The molecule has 2 rings (SSSR count). The van der Waals surface area contributed by atoms with Crippen molar-refractivity contribution in [3.05, 3.63) is 47.5 Å². The molecule has 0 bridgehead atoms. The number of pyridine rings is 1. The highest BCUT2D eigenvalue weighted by Gasteiger charge is 1.96. The predicted octanol–water partition coefficient (Wildman–Crippen LogP) is 2.86. The summed E-state index contributed by atoms with van der Waals surface area (Å²) in [5, 5.41) is 3.77. The molecular weight excluding hydrogens is 210 g/mol. The van der Waals surface area contributed by atoms with Gasteiger partial charge in [-0.3, -0.25) is 0 Å². The van der Waals surface area contributed by atoms with Crippen molar-refractivity contribution in [1.29, 1.82) is 0 Å². The Labute approximate surface area is 92.9 Å². The van der Waals surface area contributed by atoms with Crippen LogP contribution < -0.4 is 11.1 Å². The van der Waals surface area contributed by atoms with Crippen LogP contribution in [0.25, 0.3) is 0 Å². The van der Waals surface area contributed by atoms with Crippen LogP contribution in [0.3, 0.4) is 0 Å². The molecule has 3 N–H and O–H groups in total. The molecule has 0 fully saturated rings. The van der Waals surface area contributed by atoms with Crippen LogP contribution in [0.2, 0.25) is 5.02 Å². The summed E-state index contributed by atoms with van der Waals surface area (Å²) < 4.78 is 0. The van der Waals surface area contributed by atoms with Crippen LogP contribution in [0.5, 0.6) is 0 Å². The van der Waals surface area contributed by atoms with Crippen LogP contribution in [-0.4, -0.2) is 4.98 Å². The number of nitrogens with zero attached hydrogens (tertiary/aromatic N) is 1. The van der Waals surface area contributed by atoms with Gasteiger partial charge in [-0.05, 0) is 30.3 Å². The third kappa shape index (κ3) is 2.60. The number of nitrogens with two attached hydrogens (primary N) is 1. The minimum absolute atomic E-state index is 0.363. The Kier molecular flexibility index (Phi) is 2.74. The second-order valence-electron chi connectivity index (χ2n) is 3.00. The molecule has 0 aliphatic carbocycles. The van der Waals surface area contributed by atoms with Crippen LogP contribution in [0.4, 0.5) is 17.3 Å². The minimum Gasteiger partial charge on any atom is -0.383 e. The van der Waals surface area contributed by atoms with E-state index in [1.165, 1.54) is 0 Å². The number of hydrogen-bond donors (Lipinski definition) is 2. The van der Waals surface area contributed by atoms with Crippen molar-refractivity contribution in [2.75, 3.05) is 11.1 Å². The van der Waals surface area contributed by atoms with E-state index in [-0.39, 0.29) is 0 Å². The summed E-state index contributed by atoms with van der Waals surface area (Å²) in [6.07, 6.45) is 0. The summed E-state index contributed by atoms with van der Waals surface area (Å²) in [7, 11) is 0. The van der Waals surface area contributed by atoms with Gasteiger partial charge >= 0.3 is 0 Å². The molecule has 0 amide bonds. The lowest BCUT2D eigenvalue weighted by atomic mass is 10.3. The molecule has 15 heavy (non-hydrogen) atoms. The first-order valence-electron chi connectivity index (χ1n) is 4.41. The molecule has 1 heterocycles. The summed E-state index contributed by atoms with van der Waals surface area (Å²) in [5.41, 5.74) is 6.38. The average Bonchev–Trinajstić information content (AvgIpc) is 2.17. The molecule has 0 aliphatic heterocycles. The Morgan fingerprint density at radius 2 is 2.20 bits per heavy atom. The lowest BCUT2D eigenvalue weighted by Gasteiger charge is -2.05. The van der Waals surface area contributed by atoms with Gasteiger partial charge in [0.25, 0.3) is 0 Å². The largest absolute Gasteiger partial charge is 0.383 e. The summed E-state index contributed by atoms with van der Waals surface area (Å²) in [4.78, 5) is 4.07. The summed E-state index contributed by atoms with van der Waals surface area (Å²) in [5.74, 6) is 1.04. The molecule has 0 atom stereocenters. The molecule has 0 saturated carbocycles. The van der Waals surface area contributed by atoms with Crippen LogP contribution >= 0.6 is 11.6 Å². The number of nitrogen functional groups attached to an aromatic ring is 1. The van der Waals surface area contributed by atoms with Crippen molar-refractivity contribution in [3.8, 4) is 0 Å². The predicted molar refractivity (Wildman–Crippen MR) is 62.2 cm³/mol. The van der Waals surface area contributed by atoms with E-state index in [1.54, 1.807) is 12.1 Å². The molecule has 75 valence electrons. The first-order valence-corrected chi connectivity index (χ1v) is 4.78. The average molecular weight is 219 g/mol. The molecule has 0 saturated heterocycles. The number of halogens is 1. The standard InChI is InChI=1S/C11H9ClN3/c12-8-3-1-4-9(7-8)14-11-6-2-5-10(13)15-11/h1-4,6-7H,(H3,13,14,15). The van der Waals surface area contributed by atoms with E-state index >= 15 is 0 Å². The normalized spacial score (nSPS) is 9.93. The number of nitrogens with one attached hydrogen (secondary N) is 1. The van der Waals surface area contributed by atoms with Gasteiger partial charge < -0.3 is 11.1 Å². The number of anilines is 3. The van der Waals surface area contributed by atoms with Gasteiger partial charge in [0.2, 0.25) is 0 Å². The molecule has 0 unspecified atom stereocenters. The fourth-order valence-electron chi connectivity index (χ4n) is 1.19. The van der Waals surface area contributed by atoms with E-state index in [9.17, 15) is 0 Å². The van der Waals surface area contributed by atoms with E-state index < -0.39 is 0 Å². The third-order valence-corrected chi connectivity index (χ3v) is 2.05. The lowest BCUT2D eigenvalue weighted by Crippen LogP contribution is -1.96. The van der Waals surface area contributed by atoms with Crippen LogP contribution in [0.15, 0.2) is 36.4 Å². The second kappa shape index (κ2) is 4.19. The highest BCUT2D eigenvalue weighted by Crippen LogP contribution is 2.18. The van der Waals surface area contributed by atoms with E-state index in [1.807, 2.05) is 24.3 Å². The van der Waals surface area contributed by atoms with Crippen molar-refractivity contribution in [2.45, 2.75) is 0 Å². The number of aromatic nitrogens is 1. The van der Waals surface area contributed by atoms with E-state index in [4.69, 9.17) is 17.3 Å². The number of hydrogen-bond acceptors (Lipinski definition) is 3. The molecule has 0 spiro atoms. The molecule has 1 aromatic heterocycles. The highest BCUT2D eigenvalue weighted by molar-refractivity contribution is 6.30. The Morgan fingerprint density at radius 3 is 2.93 bits per heavy atom. The molecule has 2 aromatic rings. The van der Waals surface area contributed by atoms with Gasteiger partial charge in [-0.2, -0.15) is 0 Å². The molecule has 4 heteroatoms.